The summed E-state index contributed by atoms with van der Waals surface area (Å²) in [6.45, 7) is 8.49. The van der Waals surface area contributed by atoms with Gasteiger partial charge in [0, 0.05) is 18.0 Å². The first kappa shape index (κ1) is 13.1. The number of hydrogen-bond donors (Lipinski definition) is 2. The molecule has 3 N–H and O–H groups in total. The second-order valence-electron chi connectivity index (χ2n) is 5.04. The van der Waals surface area contributed by atoms with Gasteiger partial charge < -0.3 is 11.1 Å². The Hall–Kier alpha value is -0.960. The van der Waals surface area contributed by atoms with Crippen molar-refractivity contribution in [2.75, 3.05) is 6.54 Å². The van der Waals surface area contributed by atoms with Crippen LogP contribution in [0.5, 0.6) is 0 Å². The van der Waals surface area contributed by atoms with Gasteiger partial charge in [0.15, 0.2) is 0 Å². The van der Waals surface area contributed by atoms with Crippen molar-refractivity contribution in [3.8, 4) is 0 Å². The van der Waals surface area contributed by atoms with Gasteiger partial charge in [0.2, 0.25) is 5.78 Å². The third kappa shape index (κ3) is 2.24. The molecule has 0 heterocycles. The van der Waals surface area contributed by atoms with Crippen molar-refractivity contribution < 1.29 is 4.79 Å². The summed E-state index contributed by atoms with van der Waals surface area (Å²) in [6, 6.07) is 0. The van der Waals surface area contributed by atoms with E-state index < -0.39 is 0 Å². The third-order valence-corrected chi connectivity index (χ3v) is 4.01. The molecule has 90 valence electrons. The first-order valence-electron chi connectivity index (χ1n) is 5.92. The molecule has 0 aromatic carbocycles. The number of ketones is 1. The Morgan fingerprint density at radius 2 is 1.94 bits per heavy atom. The number of hydrogen-bond acceptors (Lipinski definition) is 3. The largest absolute Gasteiger partial charge is 0.326 e. The predicted molar refractivity (Wildman–Crippen MR) is 66.6 cm³/mol. The fourth-order valence-electron chi connectivity index (χ4n) is 2.38. The van der Waals surface area contributed by atoms with Crippen molar-refractivity contribution in [2.45, 2.75) is 34.1 Å². The number of carbonyl (C=O) groups is 1. The Bertz CT molecular complexity index is 341. The van der Waals surface area contributed by atoms with Crippen LogP contribution in [0.2, 0.25) is 0 Å². The topological polar surface area (TPSA) is 66.9 Å². The van der Waals surface area contributed by atoms with Crippen molar-refractivity contribution in [2.24, 2.45) is 23.5 Å². The van der Waals surface area contributed by atoms with E-state index in [-0.39, 0.29) is 24.0 Å². The Kier molecular flexibility index (Phi) is 4.03. The highest BCUT2D eigenvalue weighted by atomic mass is 16.1. The van der Waals surface area contributed by atoms with E-state index in [1.54, 1.807) is 0 Å². The van der Waals surface area contributed by atoms with E-state index in [0.717, 1.165) is 12.0 Å². The zero-order valence-electron chi connectivity index (χ0n) is 10.6. The van der Waals surface area contributed by atoms with Gasteiger partial charge in [-0.3, -0.25) is 4.79 Å². The maximum atomic E-state index is 12.0. The third-order valence-electron chi connectivity index (χ3n) is 4.01. The van der Waals surface area contributed by atoms with Crippen molar-refractivity contribution in [1.29, 1.82) is 5.41 Å². The Labute approximate surface area is 97.6 Å². The minimum absolute atomic E-state index is 0.0251. The number of nitrogens with one attached hydrogen (secondary N) is 1. The van der Waals surface area contributed by atoms with E-state index in [1.165, 1.54) is 0 Å². The minimum Gasteiger partial charge on any atom is -0.326 e. The normalized spacial score (nSPS) is 37.2. The van der Waals surface area contributed by atoms with Crippen LogP contribution in [0, 0.1) is 23.2 Å². The van der Waals surface area contributed by atoms with Crippen molar-refractivity contribution in [1.82, 2.24) is 0 Å². The van der Waals surface area contributed by atoms with E-state index in [2.05, 4.69) is 13.8 Å². The van der Waals surface area contributed by atoms with Gasteiger partial charge in [-0.1, -0.05) is 26.3 Å². The molecular formula is C13H22N2O. The van der Waals surface area contributed by atoms with Gasteiger partial charge in [0.1, 0.15) is 0 Å². The zero-order valence-corrected chi connectivity index (χ0v) is 10.6. The molecule has 3 unspecified atom stereocenters. The average molecular weight is 222 g/mol. The van der Waals surface area contributed by atoms with Crippen LogP contribution in [0.15, 0.2) is 11.1 Å². The molecule has 1 aliphatic carbocycles. The molecule has 0 amide bonds. The molecule has 0 fully saturated rings. The summed E-state index contributed by atoms with van der Waals surface area (Å²) < 4.78 is 0. The summed E-state index contributed by atoms with van der Waals surface area (Å²) in [5, 5.41) is 7.94. The Morgan fingerprint density at radius 3 is 2.44 bits per heavy atom. The van der Waals surface area contributed by atoms with E-state index in [1.807, 2.05) is 13.8 Å². The lowest BCUT2D eigenvalue weighted by atomic mass is 9.74. The van der Waals surface area contributed by atoms with Crippen LogP contribution in [0.3, 0.4) is 0 Å². The molecule has 3 nitrogen and oxygen atoms in total. The summed E-state index contributed by atoms with van der Waals surface area (Å²) in [7, 11) is 0. The average Bonchev–Trinajstić information content (AvgIpc) is 2.25. The molecule has 0 radical (unpaired) electrons. The summed E-state index contributed by atoms with van der Waals surface area (Å²) in [5.74, 6) is 0.735. The lowest BCUT2D eigenvalue weighted by molar-refractivity contribution is -0.110. The second-order valence-corrected chi connectivity index (χ2v) is 5.04. The number of allylic oxidation sites excluding steroid dienone is 1. The highest BCUT2D eigenvalue weighted by molar-refractivity contribution is 6.45. The first-order valence-corrected chi connectivity index (χ1v) is 5.92. The summed E-state index contributed by atoms with van der Waals surface area (Å²) in [6.07, 6.45) is 0.914. The van der Waals surface area contributed by atoms with Crippen LogP contribution < -0.4 is 5.73 Å². The van der Waals surface area contributed by atoms with Crippen LogP contribution in [0.25, 0.3) is 0 Å². The number of rotatable bonds is 1. The van der Waals surface area contributed by atoms with Gasteiger partial charge in [-0.15, -0.1) is 0 Å². The van der Waals surface area contributed by atoms with Crippen LogP contribution >= 0.6 is 0 Å². The van der Waals surface area contributed by atoms with Crippen LogP contribution in [-0.4, -0.2) is 18.0 Å². The van der Waals surface area contributed by atoms with Gasteiger partial charge in [0.05, 0.1) is 5.71 Å². The number of nitrogens with two attached hydrogens (primary N) is 1. The molecule has 1 rings (SSSR count). The van der Waals surface area contributed by atoms with Crippen LogP contribution in [0.1, 0.15) is 34.1 Å². The van der Waals surface area contributed by atoms with Crippen molar-refractivity contribution in [3.63, 3.8) is 0 Å². The van der Waals surface area contributed by atoms with Gasteiger partial charge in [-0.05, 0) is 25.2 Å². The lowest BCUT2D eigenvalue weighted by Crippen LogP contribution is -2.34. The second kappa shape index (κ2) is 4.91. The SMILES string of the molecule is C/C1=C(\CN)C(=O)C(=N)C(C)C(C)C(C)C1. The van der Waals surface area contributed by atoms with Crippen LogP contribution in [-0.2, 0) is 4.79 Å². The standard InChI is InChI=1S/C13H22N2O/c1-7-5-8(2)11(6-14)13(16)12(15)10(4)9(7)3/h7,9-10,15H,5-6,14H2,1-4H3/b11-8-,15-12?. The quantitative estimate of drug-likeness (QED) is 0.714. The fourth-order valence-corrected chi connectivity index (χ4v) is 2.38. The van der Waals surface area contributed by atoms with Crippen LogP contribution in [0.4, 0.5) is 0 Å². The number of carbonyl (C=O) groups excluding carboxylic acids is 1. The summed E-state index contributed by atoms with van der Waals surface area (Å²) >= 11 is 0. The van der Waals surface area contributed by atoms with Gasteiger partial charge >= 0.3 is 0 Å². The molecule has 3 atom stereocenters. The van der Waals surface area contributed by atoms with Crippen molar-refractivity contribution in [3.05, 3.63) is 11.1 Å². The summed E-state index contributed by atoms with van der Waals surface area (Å²) in [4.78, 5) is 12.0. The van der Waals surface area contributed by atoms with Crippen molar-refractivity contribution >= 4 is 11.5 Å². The smallest absolute Gasteiger partial charge is 0.203 e. The monoisotopic (exact) mass is 222 g/mol. The molecule has 0 saturated heterocycles. The lowest BCUT2D eigenvalue weighted by Gasteiger charge is -2.30. The highest BCUT2D eigenvalue weighted by Gasteiger charge is 2.31. The van der Waals surface area contributed by atoms with E-state index in [9.17, 15) is 4.79 Å². The fraction of sp³-hybridized carbons (Fsp3) is 0.692. The first-order chi connectivity index (χ1) is 7.40. The molecule has 0 aromatic heterocycles. The molecule has 0 aromatic rings. The highest BCUT2D eigenvalue weighted by Crippen LogP contribution is 2.31. The Morgan fingerprint density at radius 1 is 1.38 bits per heavy atom. The maximum absolute atomic E-state index is 12.0. The van der Waals surface area contributed by atoms with Gasteiger partial charge in [-0.25, -0.2) is 0 Å². The van der Waals surface area contributed by atoms with E-state index >= 15 is 0 Å². The molecule has 16 heavy (non-hydrogen) atoms. The molecule has 0 aliphatic heterocycles. The van der Waals surface area contributed by atoms with Gasteiger partial charge in [0.25, 0.3) is 0 Å². The minimum atomic E-state index is -0.147. The molecule has 0 spiro atoms. The molecule has 1 aliphatic rings. The summed E-state index contributed by atoms with van der Waals surface area (Å²) in [5.41, 5.74) is 7.55. The van der Waals surface area contributed by atoms with E-state index in [4.69, 9.17) is 11.1 Å². The number of Topliss-reactive ketones (excluding diaryl/α,β-unsaturated/α-hetero) is 1. The van der Waals surface area contributed by atoms with E-state index in [0.29, 0.717) is 17.4 Å². The Balaban J connectivity index is 3.18. The molecular weight excluding hydrogens is 200 g/mol. The molecule has 3 heteroatoms. The maximum Gasteiger partial charge on any atom is 0.203 e. The molecule has 0 saturated carbocycles. The predicted octanol–water partition coefficient (Wildman–Crippen LogP) is 2.16. The molecule has 0 bridgehead atoms. The van der Waals surface area contributed by atoms with Gasteiger partial charge in [-0.2, -0.15) is 0 Å². The zero-order chi connectivity index (χ0) is 12.5.